The first kappa shape index (κ1) is 14.7. The monoisotopic (exact) mass is 289 g/mol. The number of benzene rings is 1. The number of aromatic amines is 1. The number of nitrogens with one attached hydrogen (secondary N) is 2. The molecule has 0 aliphatic carbocycles. The summed E-state index contributed by atoms with van der Waals surface area (Å²) in [6, 6.07) is 6.04. The SMILES string of the molecule is CC(NC(=O)c1n[nH]c(=O)c2ccccc12)C(C)C(=O)O. The Morgan fingerprint density at radius 2 is 1.86 bits per heavy atom. The van der Waals surface area contributed by atoms with Crippen molar-refractivity contribution >= 4 is 22.6 Å². The largest absolute Gasteiger partial charge is 0.481 e. The van der Waals surface area contributed by atoms with Crippen molar-refractivity contribution in [2.45, 2.75) is 19.9 Å². The van der Waals surface area contributed by atoms with E-state index in [1.54, 1.807) is 31.2 Å². The summed E-state index contributed by atoms with van der Waals surface area (Å²) in [4.78, 5) is 34.8. The Kier molecular flexibility index (Phi) is 4.02. The third-order valence-corrected chi connectivity index (χ3v) is 3.41. The predicted molar refractivity (Wildman–Crippen MR) is 76.1 cm³/mol. The molecule has 0 spiro atoms. The summed E-state index contributed by atoms with van der Waals surface area (Å²) >= 11 is 0. The van der Waals surface area contributed by atoms with Gasteiger partial charge in [0.1, 0.15) is 0 Å². The molecule has 7 heteroatoms. The van der Waals surface area contributed by atoms with Gasteiger partial charge in [0, 0.05) is 11.4 Å². The molecule has 0 aliphatic heterocycles. The van der Waals surface area contributed by atoms with E-state index < -0.39 is 23.8 Å². The Bertz CT molecular complexity index is 753. The van der Waals surface area contributed by atoms with Crippen LogP contribution in [0.4, 0.5) is 0 Å². The third kappa shape index (κ3) is 2.91. The number of nitrogens with zero attached hydrogens (tertiary/aromatic N) is 1. The van der Waals surface area contributed by atoms with Crippen molar-refractivity contribution in [3.05, 3.63) is 40.3 Å². The van der Waals surface area contributed by atoms with Gasteiger partial charge in [0.15, 0.2) is 5.69 Å². The number of H-pyrrole nitrogens is 1. The van der Waals surface area contributed by atoms with E-state index in [0.29, 0.717) is 10.8 Å². The van der Waals surface area contributed by atoms with Crippen molar-refractivity contribution in [2.24, 2.45) is 5.92 Å². The molecular formula is C14H15N3O4. The molecule has 21 heavy (non-hydrogen) atoms. The minimum Gasteiger partial charge on any atom is -0.481 e. The van der Waals surface area contributed by atoms with Gasteiger partial charge in [0.05, 0.1) is 11.3 Å². The van der Waals surface area contributed by atoms with E-state index in [2.05, 4.69) is 15.5 Å². The fourth-order valence-electron chi connectivity index (χ4n) is 1.90. The molecule has 0 aliphatic rings. The van der Waals surface area contributed by atoms with Gasteiger partial charge in [0.25, 0.3) is 11.5 Å². The minimum atomic E-state index is -0.998. The summed E-state index contributed by atoms with van der Waals surface area (Å²) in [5.74, 6) is -2.26. The highest BCUT2D eigenvalue weighted by Gasteiger charge is 2.23. The van der Waals surface area contributed by atoms with Crippen LogP contribution in [0.25, 0.3) is 10.8 Å². The number of aliphatic carboxylic acids is 1. The van der Waals surface area contributed by atoms with E-state index in [1.165, 1.54) is 6.92 Å². The van der Waals surface area contributed by atoms with Gasteiger partial charge >= 0.3 is 5.97 Å². The maximum atomic E-state index is 12.2. The highest BCUT2D eigenvalue weighted by molar-refractivity contribution is 6.04. The second-order valence-corrected chi connectivity index (χ2v) is 4.84. The lowest BCUT2D eigenvalue weighted by Crippen LogP contribution is -2.40. The van der Waals surface area contributed by atoms with Crippen molar-refractivity contribution in [2.75, 3.05) is 0 Å². The van der Waals surface area contributed by atoms with Crippen LogP contribution in [0.2, 0.25) is 0 Å². The molecule has 2 rings (SSSR count). The van der Waals surface area contributed by atoms with Gasteiger partial charge in [-0.2, -0.15) is 5.10 Å². The Morgan fingerprint density at radius 1 is 1.24 bits per heavy atom. The number of carboxylic acid groups (broad SMARTS) is 1. The minimum absolute atomic E-state index is 0.0645. The van der Waals surface area contributed by atoms with Crippen LogP contribution in [-0.2, 0) is 4.79 Å². The molecule has 7 nitrogen and oxygen atoms in total. The molecule has 0 saturated carbocycles. The van der Waals surface area contributed by atoms with E-state index in [0.717, 1.165) is 0 Å². The molecule has 0 bridgehead atoms. The van der Waals surface area contributed by atoms with Crippen LogP contribution >= 0.6 is 0 Å². The third-order valence-electron chi connectivity index (χ3n) is 3.41. The van der Waals surface area contributed by atoms with E-state index in [-0.39, 0.29) is 11.3 Å². The zero-order chi connectivity index (χ0) is 15.6. The molecule has 0 saturated heterocycles. The summed E-state index contributed by atoms with van der Waals surface area (Å²) in [6.45, 7) is 3.11. The second-order valence-electron chi connectivity index (χ2n) is 4.84. The number of aromatic nitrogens is 2. The lowest BCUT2D eigenvalue weighted by atomic mass is 10.0. The van der Waals surface area contributed by atoms with Gasteiger partial charge in [-0.3, -0.25) is 14.4 Å². The average molecular weight is 289 g/mol. The standard InChI is InChI=1S/C14H15N3O4/c1-7(14(20)21)8(2)15-13(19)11-9-5-3-4-6-10(9)12(18)17-16-11/h3-8H,1-2H3,(H,15,19)(H,17,18)(H,20,21). The molecular weight excluding hydrogens is 274 g/mol. The molecule has 1 amide bonds. The number of carbonyl (C=O) groups is 2. The van der Waals surface area contributed by atoms with E-state index >= 15 is 0 Å². The van der Waals surface area contributed by atoms with Gasteiger partial charge in [0.2, 0.25) is 0 Å². The molecule has 0 radical (unpaired) electrons. The van der Waals surface area contributed by atoms with Gasteiger partial charge in [-0.15, -0.1) is 0 Å². The van der Waals surface area contributed by atoms with Crippen LogP contribution < -0.4 is 10.9 Å². The Hall–Kier alpha value is -2.70. The maximum absolute atomic E-state index is 12.2. The van der Waals surface area contributed by atoms with Gasteiger partial charge in [-0.25, -0.2) is 5.10 Å². The lowest BCUT2D eigenvalue weighted by molar-refractivity contribution is -0.141. The molecule has 3 N–H and O–H groups in total. The van der Waals surface area contributed by atoms with Crippen molar-refractivity contribution in [1.29, 1.82) is 0 Å². The molecule has 2 unspecified atom stereocenters. The normalized spacial score (nSPS) is 13.6. The summed E-state index contributed by atoms with van der Waals surface area (Å²) in [5.41, 5.74) is -0.316. The zero-order valence-corrected chi connectivity index (χ0v) is 11.6. The lowest BCUT2D eigenvalue weighted by Gasteiger charge is -2.17. The maximum Gasteiger partial charge on any atom is 0.308 e. The van der Waals surface area contributed by atoms with Crippen LogP contribution in [0.5, 0.6) is 0 Å². The molecule has 1 heterocycles. The Labute approximate surface area is 120 Å². The van der Waals surface area contributed by atoms with Crippen molar-refractivity contribution in [1.82, 2.24) is 15.5 Å². The van der Waals surface area contributed by atoms with Crippen LogP contribution in [0.1, 0.15) is 24.3 Å². The summed E-state index contributed by atoms with van der Waals surface area (Å²) in [6.07, 6.45) is 0. The molecule has 1 aromatic heterocycles. The summed E-state index contributed by atoms with van der Waals surface area (Å²) in [7, 11) is 0. The highest BCUT2D eigenvalue weighted by Crippen LogP contribution is 2.13. The molecule has 110 valence electrons. The zero-order valence-electron chi connectivity index (χ0n) is 11.6. The Balaban J connectivity index is 2.35. The first-order valence-electron chi connectivity index (χ1n) is 6.43. The van der Waals surface area contributed by atoms with E-state index in [1.807, 2.05) is 0 Å². The van der Waals surface area contributed by atoms with Crippen molar-refractivity contribution in [3.63, 3.8) is 0 Å². The molecule has 1 aromatic carbocycles. The van der Waals surface area contributed by atoms with Crippen molar-refractivity contribution < 1.29 is 14.7 Å². The van der Waals surface area contributed by atoms with Gasteiger partial charge in [-0.05, 0) is 19.9 Å². The number of amides is 1. The van der Waals surface area contributed by atoms with E-state index in [9.17, 15) is 14.4 Å². The first-order chi connectivity index (χ1) is 9.91. The van der Waals surface area contributed by atoms with Crippen molar-refractivity contribution in [3.8, 4) is 0 Å². The average Bonchev–Trinajstić information content (AvgIpc) is 2.46. The fourth-order valence-corrected chi connectivity index (χ4v) is 1.90. The first-order valence-corrected chi connectivity index (χ1v) is 6.43. The van der Waals surface area contributed by atoms with E-state index in [4.69, 9.17) is 5.11 Å². The molecule has 2 aromatic rings. The summed E-state index contributed by atoms with van der Waals surface area (Å²) < 4.78 is 0. The number of hydrogen-bond donors (Lipinski definition) is 3. The Morgan fingerprint density at radius 3 is 2.48 bits per heavy atom. The molecule has 2 atom stereocenters. The molecule has 0 fully saturated rings. The van der Waals surface area contributed by atoms with Crippen LogP contribution in [0.3, 0.4) is 0 Å². The number of carbonyl (C=O) groups excluding carboxylic acids is 1. The van der Waals surface area contributed by atoms with Crippen LogP contribution in [-0.4, -0.2) is 33.2 Å². The van der Waals surface area contributed by atoms with Crippen LogP contribution in [0.15, 0.2) is 29.1 Å². The van der Waals surface area contributed by atoms with Gasteiger partial charge < -0.3 is 10.4 Å². The number of rotatable bonds is 4. The fraction of sp³-hybridized carbons (Fsp3) is 0.286. The van der Waals surface area contributed by atoms with Gasteiger partial charge in [-0.1, -0.05) is 18.2 Å². The quantitative estimate of drug-likeness (QED) is 0.769. The second kappa shape index (κ2) is 5.74. The number of carboxylic acids is 1. The smallest absolute Gasteiger partial charge is 0.308 e. The highest BCUT2D eigenvalue weighted by atomic mass is 16.4. The predicted octanol–water partition coefficient (Wildman–Crippen LogP) is 0.762. The topological polar surface area (TPSA) is 112 Å². The summed E-state index contributed by atoms with van der Waals surface area (Å²) in [5, 5.41) is 18.3. The number of hydrogen-bond acceptors (Lipinski definition) is 4. The number of fused-ring (bicyclic) bond motifs is 1. The van der Waals surface area contributed by atoms with Crippen LogP contribution in [0, 0.1) is 5.92 Å².